The number of quaternary nitrogens is 1. The van der Waals surface area contributed by atoms with E-state index in [1.165, 1.54) is 244 Å². The van der Waals surface area contributed by atoms with Crippen LogP contribution in [0.4, 0.5) is 0 Å². The summed E-state index contributed by atoms with van der Waals surface area (Å²) in [6, 6.07) is 0. The van der Waals surface area contributed by atoms with Crippen molar-refractivity contribution in [3.05, 3.63) is 60.8 Å². The minimum Gasteiger partial charge on any atom is -0.477 e. The highest BCUT2D eigenvalue weighted by Gasteiger charge is 2.25. The number of rotatable bonds is 66. The quantitative estimate of drug-likeness (QED) is 0.0211. The maximum absolute atomic E-state index is 12.9. The van der Waals surface area contributed by atoms with Crippen molar-refractivity contribution in [2.24, 2.45) is 0 Å². The van der Waals surface area contributed by atoms with Gasteiger partial charge in [0.15, 0.2) is 6.10 Å². The third-order valence-corrected chi connectivity index (χ3v) is 15.8. The topological polar surface area (TPSA) is 108 Å². The predicted octanol–water partition coefficient (Wildman–Crippen LogP) is 21.9. The number of aliphatic carboxylic acids is 1. The summed E-state index contributed by atoms with van der Waals surface area (Å²) in [7, 11) is 5.98. The van der Waals surface area contributed by atoms with Crippen LogP contribution in [-0.2, 0) is 33.3 Å². The number of likely N-dealkylation sites (N-methyl/N-ethyl adjacent to an activating group) is 1. The Morgan fingerprint density at radius 1 is 0.373 bits per heavy atom. The normalized spacial score (nSPS) is 13.0. The van der Waals surface area contributed by atoms with Crippen LogP contribution in [0, 0.1) is 0 Å². The molecule has 0 aliphatic rings. The van der Waals surface area contributed by atoms with Gasteiger partial charge >= 0.3 is 17.9 Å². The molecule has 83 heavy (non-hydrogen) atoms. The maximum atomic E-state index is 12.9. The average molecular weight is 1170 g/mol. The van der Waals surface area contributed by atoms with Gasteiger partial charge in [-0.25, -0.2) is 4.79 Å². The molecule has 0 fully saturated rings. The number of nitrogens with zero attached hydrogens (tertiary/aromatic N) is 1. The molecule has 9 heteroatoms. The molecule has 0 radical (unpaired) electrons. The van der Waals surface area contributed by atoms with E-state index >= 15 is 0 Å². The van der Waals surface area contributed by atoms with Crippen molar-refractivity contribution >= 4 is 17.9 Å². The molecule has 2 atom stereocenters. The molecule has 9 nitrogen and oxygen atoms in total. The fraction of sp³-hybridized carbons (Fsp3) is 0.824. The second-order valence-electron chi connectivity index (χ2n) is 25.2. The molecule has 0 aromatic heterocycles. The van der Waals surface area contributed by atoms with Crippen molar-refractivity contribution in [3.8, 4) is 0 Å². The zero-order chi connectivity index (χ0) is 60.5. The van der Waals surface area contributed by atoms with E-state index in [0.717, 1.165) is 64.2 Å². The van der Waals surface area contributed by atoms with E-state index in [4.69, 9.17) is 18.9 Å². The molecular weight excluding hydrogens is 1030 g/mol. The van der Waals surface area contributed by atoms with Gasteiger partial charge in [-0.3, -0.25) is 9.59 Å². The first kappa shape index (κ1) is 80.0. The van der Waals surface area contributed by atoms with Crippen molar-refractivity contribution in [1.82, 2.24) is 0 Å². The fourth-order valence-electron chi connectivity index (χ4n) is 10.4. The third kappa shape index (κ3) is 66.4. The van der Waals surface area contributed by atoms with Crippen molar-refractivity contribution in [2.75, 3.05) is 47.5 Å². The van der Waals surface area contributed by atoms with Crippen LogP contribution in [0.1, 0.15) is 335 Å². The number of unbranched alkanes of at least 4 members (excludes halogenated alkanes) is 41. The zero-order valence-corrected chi connectivity index (χ0v) is 55.4. The number of hydrogen-bond acceptors (Lipinski definition) is 7. The van der Waals surface area contributed by atoms with Gasteiger partial charge in [0.25, 0.3) is 6.29 Å². The Kier molecular flexibility index (Phi) is 62.6. The summed E-state index contributed by atoms with van der Waals surface area (Å²) < 4.78 is 23.0. The number of carbonyl (C=O) groups is 3. The molecule has 0 aromatic carbocycles. The molecule has 0 aromatic rings. The summed E-state index contributed by atoms with van der Waals surface area (Å²) in [5.74, 6) is -1.99. The highest BCUT2D eigenvalue weighted by Crippen LogP contribution is 2.18. The Hall–Kier alpha value is -3.01. The number of hydrogen-bond donors (Lipinski definition) is 1. The zero-order valence-electron chi connectivity index (χ0n) is 55.4. The Bertz CT molecular complexity index is 1550. The van der Waals surface area contributed by atoms with E-state index in [1.54, 1.807) is 0 Å². The van der Waals surface area contributed by atoms with Gasteiger partial charge in [-0.05, 0) is 77.0 Å². The van der Waals surface area contributed by atoms with Crippen LogP contribution >= 0.6 is 0 Å². The molecule has 484 valence electrons. The van der Waals surface area contributed by atoms with Crippen LogP contribution in [0.25, 0.3) is 0 Å². The molecule has 2 unspecified atom stereocenters. The minimum absolute atomic E-state index is 0.179. The maximum Gasteiger partial charge on any atom is 0.361 e. The van der Waals surface area contributed by atoms with E-state index in [9.17, 15) is 19.5 Å². The smallest absolute Gasteiger partial charge is 0.361 e. The van der Waals surface area contributed by atoms with Crippen molar-refractivity contribution in [1.29, 1.82) is 0 Å². The Morgan fingerprint density at radius 3 is 1.04 bits per heavy atom. The first-order chi connectivity index (χ1) is 40.6. The third-order valence-electron chi connectivity index (χ3n) is 15.8. The second-order valence-corrected chi connectivity index (χ2v) is 25.2. The Morgan fingerprint density at radius 2 is 0.687 bits per heavy atom. The van der Waals surface area contributed by atoms with E-state index in [1.807, 2.05) is 21.1 Å². The van der Waals surface area contributed by atoms with Crippen LogP contribution < -0.4 is 0 Å². The second kappa shape index (κ2) is 65.0. The van der Waals surface area contributed by atoms with Gasteiger partial charge in [-0.1, -0.05) is 306 Å². The highest BCUT2D eigenvalue weighted by atomic mass is 16.7. The number of carbonyl (C=O) groups excluding carboxylic acids is 2. The predicted molar refractivity (Wildman–Crippen MR) is 355 cm³/mol. The molecule has 0 aliphatic carbocycles. The van der Waals surface area contributed by atoms with Crippen molar-refractivity contribution < 1.29 is 42.9 Å². The van der Waals surface area contributed by atoms with Crippen LogP contribution in [0.5, 0.6) is 0 Å². The van der Waals surface area contributed by atoms with Gasteiger partial charge in [-0.2, -0.15) is 0 Å². The molecule has 0 spiro atoms. The van der Waals surface area contributed by atoms with Crippen LogP contribution in [0.3, 0.4) is 0 Å². The number of ether oxygens (including phenoxy) is 4. The molecule has 1 N–H and O–H groups in total. The van der Waals surface area contributed by atoms with E-state index in [2.05, 4.69) is 74.6 Å². The monoisotopic (exact) mass is 1170 g/mol. The molecule has 0 aliphatic heterocycles. The fourth-order valence-corrected chi connectivity index (χ4v) is 10.4. The van der Waals surface area contributed by atoms with Crippen molar-refractivity contribution in [2.45, 2.75) is 347 Å². The Labute approximate surface area is 514 Å². The van der Waals surface area contributed by atoms with Gasteiger partial charge in [0.2, 0.25) is 0 Å². The molecule has 0 amide bonds. The lowest BCUT2D eigenvalue weighted by Gasteiger charge is -2.25. The van der Waals surface area contributed by atoms with E-state index < -0.39 is 18.4 Å². The number of esters is 2. The first-order valence-electron chi connectivity index (χ1n) is 35.5. The van der Waals surface area contributed by atoms with Gasteiger partial charge in [0, 0.05) is 12.8 Å². The van der Waals surface area contributed by atoms with Gasteiger partial charge < -0.3 is 28.5 Å². The van der Waals surface area contributed by atoms with Crippen molar-refractivity contribution in [3.63, 3.8) is 0 Å². The molecule has 0 rings (SSSR count). The average Bonchev–Trinajstić information content (AvgIpc) is 3.46. The molecule has 0 heterocycles. The molecule has 0 saturated carbocycles. The van der Waals surface area contributed by atoms with Crippen LogP contribution in [0.2, 0.25) is 0 Å². The number of allylic oxidation sites excluding steroid dienone is 10. The van der Waals surface area contributed by atoms with Crippen LogP contribution in [-0.4, -0.2) is 87.4 Å². The number of carboxylic acids is 1. The first-order valence-corrected chi connectivity index (χ1v) is 35.5. The number of carboxylic acid groups (broad SMARTS) is 1. The summed E-state index contributed by atoms with van der Waals surface area (Å²) in [6.45, 7) is 4.81. The lowest BCUT2D eigenvalue weighted by atomic mass is 10.0. The summed E-state index contributed by atoms with van der Waals surface area (Å²) in [6.07, 6.45) is 82.1. The molecule has 0 bridgehead atoms. The van der Waals surface area contributed by atoms with Crippen LogP contribution in [0.15, 0.2) is 60.8 Å². The SMILES string of the molecule is CC/C=C\C/C=C\C/C=C\C/C=C\CCCCCCCCCCCCCCCCCCCCCCCCCCCCC(=O)OC(COC(=O)CCCCCCCCCCC/C=C\CCCCCCCC)COC(OCC[N+](C)(C)C)C(=O)O. The molecular formula is C74H136NO8+. The lowest BCUT2D eigenvalue weighted by molar-refractivity contribution is -0.870. The van der Waals surface area contributed by atoms with E-state index in [-0.39, 0.29) is 38.2 Å². The summed E-state index contributed by atoms with van der Waals surface area (Å²) in [5.41, 5.74) is 0. The minimum atomic E-state index is -1.51. The van der Waals surface area contributed by atoms with E-state index in [0.29, 0.717) is 17.4 Å². The Balaban J connectivity index is 3.97. The summed E-state index contributed by atoms with van der Waals surface area (Å²) in [5, 5.41) is 9.74. The van der Waals surface area contributed by atoms with Gasteiger partial charge in [0.1, 0.15) is 13.2 Å². The van der Waals surface area contributed by atoms with Gasteiger partial charge in [-0.15, -0.1) is 0 Å². The molecule has 0 saturated heterocycles. The van der Waals surface area contributed by atoms with Gasteiger partial charge in [0.05, 0.1) is 34.4 Å². The standard InChI is InChI=1S/C74H135NO8/c1-6-8-10-12-14-16-18-20-22-24-26-27-28-29-30-31-32-33-34-35-36-37-38-39-40-41-42-43-44-45-47-49-51-53-55-57-59-61-63-65-72(77)83-70(69-82-74(73(78)79)80-67-66-75(3,4)5)68-81-71(76)64-62-60-58-56-54-52-50-48-46-25-23-21-19-17-15-13-11-9-7-2/h8,10,14,16,20-23,26-27,70,74H,6-7,9,11-13,15,17-19,24-25,28-69H2,1-5H3/p+1/b10-8-,16-14-,22-20-,23-21-,27-26-. The largest absolute Gasteiger partial charge is 0.477 e. The lowest BCUT2D eigenvalue weighted by Crippen LogP contribution is -2.40. The highest BCUT2D eigenvalue weighted by molar-refractivity contribution is 5.71. The summed E-state index contributed by atoms with van der Waals surface area (Å²) >= 11 is 0. The summed E-state index contributed by atoms with van der Waals surface area (Å²) in [4.78, 5) is 37.6.